The highest BCUT2D eigenvalue weighted by atomic mass is 79.9. The molecule has 4 nitrogen and oxygen atoms in total. The molecule has 0 amide bonds. The highest BCUT2D eigenvalue weighted by Crippen LogP contribution is 2.56. The van der Waals surface area contributed by atoms with Crippen molar-refractivity contribution in [1.82, 2.24) is 4.98 Å². The molecule has 1 saturated carbocycles. The monoisotopic (exact) mass is 344 g/mol. The fourth-order valence-corrected chi connectivity index (χ4v) is 4.05. The molecule has 2 aliphatic rings. The van der Waals surface area contributed by atoms with E-state index >= 15 is 0 Å². The van der Waals surface area contributed by atoms with Gasteiger partial charge in [0.1, 0.15) is 5.82 Å². The van der Waals surface area contributed by atoms with Gasteiger partial charge >= 0.3 is 5.97 Å². The van der Waals surface area contributed by atoms with E-state index in [4.69, 9.17) is 11.6 Å². The van der Waals surface area contributed by atoms with Gasteiger partial charge in [0.2, 0.25) is 0 Å². The van der Waals surface area contributed by atoms with Gasteiger partial charge in [0.25, 0.3) is 0 Å². The number of nitrogens with one attached hydrogen (secondary N) is 1. The fourth-order valence-electron chi connectivity index (χ4n) is 3.41. The van der Waals surface area contributed by atoms with E-state index in [1.165, 1.54) is 0 Å². The topological polar surface area (TPSA) is 62.2 Å². The van der Waals surface area contributed by atoms with Crippen LogP contribution in [0.25, 0.3) is 0 Å². The molecule has 1 aromatic rings. The number of nitrogens with zero attached hydrogens (tertiary/aromatic N) is 1. The number of rotatable bonds is 1. The second kappa shape index (κ2) is 4.09. The van der Waals surface area contributed by atoms with Crippen molar-refractivity contribution < 1.29 is 9.90 Å². The molecule has 102 valence electrons. The molecular formula is C13H14BrClN2O2. The molecule has 0 saturated heterocycles. The maximum absolute atomic E-state index is 11.4. The van der Waals surface area contributed by atoms with Crippen molar-refractivity contribution in [2.45, 2.75) is 31.6 Å². The molecule has 1 aliphatic carbocycles. The average molecular weight is 346 g/mol. The molecule has 0 unspecified atom stereocenters. The summed E-state index contributed by atoms with van der Waals surface area (Å²) in [5, 5.41) is 13.3. The van der Waals surface area contributed by atoms with Crippen molar-refractivity contribution in [3.63, 3.8) is 0 Å². The van der Waals surface area contributed by atoms with Crippen LogP contribution in [0.2, 0.25) is 5.02 Å². The van der Waals surface area contributed by atoms with E-state index in [0.29, 0.717) is 24.4 Å². The Morgan fingerprint density at radius 3 is 2.95 bits per heavy atom. The lowest BCUT2D eigenvalue weighted by molar-refractivity contribution is -0.147. The summed E-state index contributed by atoms with van der Waals surface area (Å²) in [4.78, 5) is 15.8. The van der Waals surface area contributed by atoms with Crippen molar-refractivity contribution in [3.8, 4) is 0 Å². The molecule has 1 fully saturated rings. The van der Waals surface area contributed by atoms with Gasteiger partial charge in [-0.25, -0.2) is 4.98 Å². The second-order valence-corrected chi connectivity index (χ2v) is 7.05. The van der Waals surface area contributed by atoms with Crippen LogP contribution in [0, 0.1) is 5.41 Å². The van der Waals surface area contributed by atoms with Crippen LogP contribution in [0.4, 0.5) is 5.82 Å². The quantitative estimate of drug-likeness (QED) is 0.818. The Kier molecular flexibility index (Phi) is 2.84. The van der Waals surface area contributed by atoms with Crippen LogP contribution in [-0.2, 0) is 10.2 Å². The predicted octanol–water partition coefficient (Wildman–Crippen LogP) is 3.44. The molecule has 6 heteroatoms. The van der Waals surface area contributed by atoms with Crippen molar-refractivity contribution in [3.05, 3.63) is 21.3 Å². The number of aliphatic carboxylic acids is 1. The molecule has 0 aromatic carbocycles. The third-order valence-corrected chi connectivity index (χ3v) is 5.72. The van der Waals surface area contributed by atoms with Crippen LogP contribution in [-0.4, -0.2) is 22.6 Å². The molecule has 2 heterocycles. The van der Waals surface area contributed by atoms with Gasteiger partial charge in [0, 0.05) is 23.7 Å². The Hall–Kier alpha value is -0.810. The van der Waals surface area contributed by atoms with Crippen LogP contribution in [0.15, 0.2) is 10.7 Å². The Morgan fingerprint density at radius 2 is 2.32 bits per heavy atom. The lowest BCUT2D eigenvalue weighted by Gasteiger charge is -2.26. The molecule has 0 radical (unpaired) electrons. The first-order chi connectivity index (χ1) is 8.88. The zero-order valence-corrected chi connectivity index (χ0v) is 12.8. The Morgan fingerprint density at radius 1 is 1.58 bits per heavy atom. The maximum atomic E-state index is 11.4. The van der Waals surface area contributed by atoms with Gasteiger partial charge in [0.15, 0.2) is 0 Å². The standard InChI is InChI=1S/C13H14BrClN2O2/c1-12(11(18)19)2-3-13(5-12)6-17-10-8(13)9(15)7(14)4-16-10/h4H,2-3,5-6H2,1H3,(H,16,17)(H,18,19)/t12-,13-/m0/s1. The van der Waals surface area contributed by atoms with Gasteiger partial charge in [0.05, 0.1) is 14.9 Å². The SMILES string of the molecule is C[C@]1(C(=O)O)CC[C@@]2(CNc3ncc(Br)c(Cl)c32)C1. The lowest BCUT2D eigenvalue weighted by Crippen LogP contribution is -2.31. The summed E-state index contributed by atoms with van der Waals surface area (Å²) in [6, 6.07) is 0. The predicted molar refractivity (Wildman–Crippen MR) is 76.7 cm³/mol. The smallest absolute Gasteiger partial charge is 0.309 e. The minimum absolute atomic E-state index is 0.198. The highest BCUT2D eigenvalue weighted by Gasteiger charge is 2.54. The Bertz CT molecular complexity index is 580. The van der Waals surface area contributed by atoms with E-state index in [2.05, 4.69) is 26.2 Å². The minimum atomic E-state index is -0.725. The first-order valence-electron chi connectivity index (χ1n) is 6.20. The van der Waals surface area contributed by atoms with E-state index in [1.54, 1.807) is 6.20 Å². The molecule has 3 rings (SSSR count). The van der Waals surface area contributed by atoms with Crippen molar-refractivity contribution in [2.24, 2.45) is 5.41 Å². The molecule has 19 heavy (non-hydrogen) atoms. The number of anilines is 1. The Balaban J connectivity index is 2.08. The minimum Gasteiger partial charge on any atom is -0.481 e. The van der Waals surface area contributed by atoms with Gasteiger partial charge in [-0.05, 0) is 42.1 Å². The van der Waals surface area contributed by atoms with Gasteiger partial charge in [-0.1, -0.05) is 11.6 Å². The van der Waals surface area contributed by atoms with Gasteiger partial charge in [-0.3, -0.25) is 4.79 Å². The number of carboxylic acids is 1. The number of fused-ring (bicyclic) bond motifs is 2. The van der Waals surface area contributed by atoms with E-state index < -0.39 is 11.4 Å². The number of pyridine rings is 1. The number of carbonyl (C=O) groups is 1. The normalized spacial score (nSPS) is 32.4. The van der Waals surface area contributed by atoms with Crippen LogP contribution >= 0.6 is 27.5 Å². The second-order valence-electron chi connectivity index (χ2n) is 5.82. The molecule has 1 aliphatic heterocycles. The van der Waals surface area contributed by atoms with E-state index in [0.717, 1.165) is 22.3 Å². The third kappa shape index (κ3) is 1.78. The van der Waals surface area contributed by atoms with Gasteiger partial charge in [-0.15, -0.1) is 0 Å². The molecule has 1 spiro atoms. The number of aromatic nitrogens is 1. The van der Waals surface area contributed by atoms with Crippen LogP contribution in [0.1, 0.15) is 31.7 Å². The van der Waals surface area contributed by atoms with Crippen LogP contribution in [0.3, 0.4) is 0 Å². The first kappa shape index (κ1) is 13.2. The summed E-state index contributed by atoms with van der Waals surface area (Å²) >= 11 is 9.80. The number of halogens is 2. The molecular weight excluding hydrogens is 332 g/mol. The zero-order chi connectivity index (χ0) is 13.8. The van der Waals surface area contributed by atoms with Gasteiger partial charge in [-0.2, -0.15) is 0 Å². The summed E-state index contributed by atoms with van der Waals surface area (Å²) in [7, 11) is 0. The summed E-state index contributed by atoms with van der Waals surface area (Å²) in [6.45, 7) is 2.54. The number of hydrogen-bond acceptors (Lipinski definition) is 3. The molecule has 0 bridgehead atoms. The van der Waals surface area contributed by atoms with Crippen molar-refractivity contribution in [2.75, 3.05) is 11.9 Å². The van der Waals surface area contributed by atoms with E-state index in [-0.39, 0.29) is 5.41 Å². The highest BCUT2D eigenvalue weighted by molar-refractivity contribution is 9.10. The zero-order valence-electron chi connectivity index (χ0n) is 10.5. The van der Waals surface area contributed by atoms with Crippen molar-refractivity contribution in [1.29, 1.82) is 0 Å². The maximum Gasteiger partial charge on any atom is 0.309 e. The largest absolute Gasteiger partial charge is 0.481 e. The third-order valence-electron chi connectivity index (χ3n) is 4.50. The van der Waals surface area contributed by atoms with Crippen LogP contribution < -0.4 is 5.32 Å². The number of carboxylic acid groups (broad SMARTS) is 1. The first-order valence-corrected chi connectivity index (χ1v) is 7.37. The molecule has 2 atom stereocenters. The fraction of sp³-hybridized carbons (Fsp3) is 0.538. The van der Waals surface area contributed by atoms with E-state index in [1.807, 2.05) is 6.92 Å². The molecule has 1 aromatic heterocycles. The Labute approximate surface area is 124 Å². The van der Waals surface area contributed by atoms with Crippen molar-refractivity contribution >= 4 is 39.3 Å². The lowest BCUT2D eigenvalue weighted by atomic mass is 9.77. The average Bonchev–Trinajstić information content (AvgIpc) is 2.88. The summed E-state index contributed by atoms with van der Waals surface area (Å²) in [5.41, 5.74) is 0.110. The summed E-state index contributed by atoms with van der Waals surface area (Å²) in [6.07, 6.45) is 3.78. The van der Waals surface area contributed by atoms with Crippen LogP contribution in [0.5, 0.6) is 0 Å². The summed E-state index contributed by atoms with van der Waals surface area (Å²) in [5.74, 6) is 0.0692. The molecule has 2 N–H and O–H groups in total. The number of hydrogen-bond donors (Lipinski definition) is 2. The van der Waals surface area contributed by atoms with E-state index in [9.17, 15) is 9.90 Å². The van der Waals surface area contributed by atoms with Gasteiger partial charge < -0.3 is 10.4 Å². The summed E-state index contributed by atoms with van der Waals surface area (Å²) < 4.78 is 0.764.